The Morgan fingerprint density at radius 2 is 1.91 bits per heavy atom. The molecule has 0 aliphatic carbocycles. The average Bonchev–Trinajstić information content (AvgIpc) is 1.93. The molecule has 0 nitrogen and oxygen atoms in total. The van der Waals surface area contributed by atoms with Gasteiger partial charge in [-0.05, 0) is 25.8 Å². The summed E-state index contributed by atoms with van der Waals surface area (Å²) in [4.78, 5) is 0. The SMILES string of the molecule is [CH2]C(S)Cc1ccc(C)cc1. The number of rotatable bonds is 2. The van der Waals surface area contributed by atoms with Gasteiger partial charge in [0, 0.05) is 5.25 Å². The zero-order chi connectivity index (χ0) is 8.27. The Hall–Kier alpha value is -0.430. The third-order valence-electron chi connectivity index (χ3n) is 1.59. The molecule has 1 rings (SSSR count). The highest BCUT2D eigenvalue weighted by atomic mass is 32.1. The minimum absolute atomic E-state index is 0.206. The lowest BCUT2D eigenvalue weighted by Crippen LogP contribution is -1.96. The summed E-state index contributed by atoms with van der Waals surface area (Å²) in [5.74, 6) is 0. The van der Waals surface area contributed by atoms with Gasteiger partial charge in [0.2, 0.25) is 0 Å². The lowest BCUT2D eigenvalue weighted by atomic mass is 10.1. The number of benzene rings is 1. The predicted molar refractivity (Wildman–Crippen MR) is 53.0 cm³/mol. The molecule has 0 N–H and O–H groups in total. The van der Waals surface area contributed by atoms with Gasteiger partial charge in [0.1, 0.15) is 0 Å². The number of hydrogen-bond donors (Lipinski definition) is 1. The first-order valence-electron chi connectivity index (χ1n) is 3.75. The molecule has 1 unspecified atom stereocenters. The maximum Gasteiger partial charge on any atom is 0.00576 e. The van der Waals surface area contributed by atoms with Crippen LogP contribution in [0.5, 0.6) is 0 Å². The van der Waals surface area contributed by atoms with E-state index in [2.05, 4.69) is 50.7 Å². The molecular formula is C10H13S. The fraction of sp³-hybridized carbons (Fsp3) is 0.300. The molecule has 1 heteroatoms. The fourth-order valence-corrected chi connectivity index (χ4v) is 1.21. The lowest BCUT2D eigenvalue weighted by molar-refractivity contribution is 1.02. The summed E-state index contributed by atoms with van der Waals surface area (Å²) >= 11 is 4.22. The van der Waals surface area contributed by atoms with E-state index in [0.29, 0.717) is 0 Å². The fourth-order valence-electron chi connectivity index (χ4n) is 0.996. The smallest absolute Gasteiger partial charge is 0.00576 e. The summed E-state index contributed by atoms with van der Waals surface area (Å²) < 4.78 is 0. The van der Waals surface area contributed by atoms with Gasteiger partial charge in [0.05, 0.1) is 0 Å². The maximum absolute atomic E-state index is 4.22. The van der Waals surface area contributed by atoms with Crippen LogP contribution < -0.4 is 0 Å². The molecule has 0 saturated heterocycles. The zero-order valence-corrected chi connectivity index (χ0v) is 7.64. The third kappa shape index (κ3) is 2.98. The molecular weight excluding hydrogens is 152 g/mol. The van der Waals surface area contributed by atoms with E-state index in [1.165, 1.54) is 11.1 Å². The van der Waals surface area contributed by atoms with E-state index < -0.39 is 0 Å². The molecule has 1 aromatic carbocycles. The molecule has 0 spiro atoms. The van der Waals surface area contributed by atoms with Gasteiger partial charge < -0.3 is 0 Å². The summed E-state index contributed by atoms with van der Waals surface area (Å²) in [7, 11) is 0. The molecule has 1 atom stereocenters. The van der Waals surface area contributed by atoms with E-state index in [4.69, 9.17) is 0 Å². The highest BCUT2D eigenvalue weighted by Crippen LogP contribution is 2.08. The van der Waals surface area contributed by atoms with Crippen molar-refractivity contribution in [2.24, 2.45) is 0 Å². The van der Waals surface area contributed by atoms with Crippen molar-refractivity contribution in [1.82, 2.24) is 0 Å². The second kappa shape index (κ2) is 3.82. The molecule has 0 aliphatic rings. The third-order valence-corrected chi connectivity index (χ3v) is 1.77. The van der Waals surface area contributed by atoms with Gasteiger partial charge in [-0.1, -0.05) is 29.8 Å². The summed E-state index contributed by atoms with van der Waals surface area (Å²) in [6.07, 6.45) is 0.948. The average molecular weight is 165 g/mol. The molecule has 0 aliphatic heterocycles. The Morgan fingerprint density at radius 1 is 1.36 bits per heavy atom. The van der Waals surface area contributed by atoms with Gasteiger partial charge >= 0.3 is 0 Å². The topological polar surface area (TPSA) is 0 Å². The van der Waals surface area contributed by atoms with Gasteiger partial charge in [-0.15, -0.1) is 0 Å². The Kier molecular flexibility index (Phi) is 3.01. The number of aryl methyl sites for hydroxylation is 1. The van der Waals surface area contributed by atoms with Gasteiger partial charge in [0.25, 0.3) is 0 Å². The maximum atomic E-state index is 4.22. The van der Waals surface area contributed by atoms with Crippen LogP contribution in [0.25, 0.3) is 0 Å². The van der Waals surface area contributed by atoms with Crippen LogP contribution in [0.15, 0.2) is 24.3 Å². The van der Waals surface area contributed by atoms with Gasteiger partial charge in [-0.2, -0.15) is 12.6 Å². The first-order valence-corrected chi connectivity index (χ1v) is 4.27. The van der Waals surface area contributed by atoms with Gasteiger partial charge in [-0.3, -0.25) is 0 Å². The first kappa shape index (κ1) is 8.66. The Labute approximate surface area is 74.0 Å². The molecule has 59 valence electrons. The standard InChI is InChI=1S/C10H13S/c1-8-3-5-10(6-4-8)7-9(2)11/h3-6,9,11H,2,7H2,1H3. The van der Waals surface area contributed by atoms with Crippen molar-refractivity contribution in [1.29, 1.82) is 0 Å². The molecule has 0 fully saturated rings. The molecule has 1 aromatic rings. The highest BCUT2D eigenvalue weighted by molar-refractivity contribution is 7.81. The molecule has 11 heavy (non-hydrogen) atoms. The monoisotopic (exact) mass is 165 g/mol. The van der Waals surface area contributed by atoms with Gasteiger partial charge in [0.15, 0.2) is 0 Å². The van der Waals surface area contributed by atoms with Crippen LogP contribution >= 0.6 is 12.6 Å². The van der Waals surface area contributed by atoms with Crippen molar-refractivity contribution < 1.29 is 0 Å². The van der Waals surface area contributed by atoms with Crippen molar-refractivity contribution in [2.45, 2.75) is 18.6 Å². The highest BCUT2D eigenvalue weighted by Gasteiger charge is 1.96. The van der Waals surface area contributed by atoms with E-state index in [9.17, 15) is 0 Å². The second-order valence-electron chi connectivity index (χ2n) is 2.84. The summed E-state index contributed by atoms with van der Waals surface area (Å²) in [6, 6.07) is 8.49. The first-order chi connectivity index (χ1) is 5.18. The molecule has 0 bridgehead atoms. The van der Waals surface area contributed by atoms with Crippen LogP contribution in [0.1, 0.15) is 11.1 Å². The van der Waals surface area contributed by atoms with Gasteiger partial charge in [-0.25, -0.2) is 0 Å². The number of thiol groups is 1. The van der Waals surface area contributed by atoms with Crippen molar-refractivity contribution in [2.75, 3.05) is 0 Å². The van der Waals surface area contributed by atoms with E-state index >= 15 is 0 Å². The summed E-state index contributed by atoms with van der Waals surface area (Å²) in [6.45, 7) is 5.91. The normalized spacial score (nSPS) is 13.0. The lowest BCUT2D eigenvalue weighted by Gasteiger charge is -2.03. The minimum atomic E-state index is 0.206. The summed E-state index contributed by atoms with van der Waals surface area (Å²) in [5.41, 5.74) is 2.61. The predicted octanol–water partition coefficient (Wildman–Crippen LogP) is 2.67. The van der Waals surface area contributed by atoms with Crippen LogP contribution in [0, 0.1) is 13.8 Å². The molecule has 0 aromatic heterocycles. The van der Waals surface area contributed by atoms with E-state index in [1.807, 2.05) is 0 Å². The van der Waals surface area contributed by atoms with Crippen molar-refractivity contribution >= 4 is 12.6 Å². The van der Waals surface area contributed by atoms with Crippen LogP contribution in [0.2, 0.25) is 0 Å². The Bertz CT molecular complexity index is 211. The molecule has 0 amide bonds. The molecule has 0 heterocycles. The largest absolute Gasteiger partial charge is 0.176 e. The van der Waals surface area contributed by atoms with Crippen LogP contribution in [-0.2, 0) is 6.42 Å². The van der Waals surface area contributed by atoms with Crippen LogP contribution in [0.4, 0.5) is 0 Å². The molecule has 1 radical (unpaired) electrons. The Balaban J connectivity index is 2.66. The zero-order valence-electron chi connectivity index (χ0n) is 6.75. The summed E-state index contributed by atoms with van der Waals surface area (Å²) in [5, 5.41) is 0.206. The van der Waals surface area contributed by atoms with E-state index in [0.717, 1.165) is 6.42 Å². The number of hydrogen-bond acceptors (Lipinski definition) is 1. The molecule has 0 saturated carbocycles. The second-order valence-corrected chi connectivity index (χ2v) is 3.57. The van der Waals surface area contributed by atoms with Crippen molar-refractivity contribution in [3.05, 3.63) is 42.3 Å². The Morgan fingerprint density at radius 3 is 2.36 bits per heavy atom. The van der Waals surface area contributed by atoms with Crippen molar-refractivity contribution in [3.63, 3.8) is 0 Å². The minimum Gasteiger partial charge on any atom is -0.176 e. The van der Waals surface area contributed by atoms with Crippen LogP contribution in [-0.4, -0.2) is 5.25 Å². The van der Waals surface area contributed by atoms with E-state index in [1.54, 1.807) is 0 Å². The van der Waals surface area contributed by atoms with Crippen LogP contribution in [0.3, 0.4) is 0 Å². The van der Waals surface area contributed by atoms with Crippen molar-refractivity contribution in [3.8, 4) is 0 Å². The van der Waals surface area contributed by atoms with E-state index in [-0.39, 0.29) is 5.25 Å². The quantitative estimate of drug-likeness (QED) is 0.640.